The minimum atomic E-state index is -2.31. The molecule has 27 heavy (non-hydrogen) atoms. The van der Waals surface area contributed by atoms with Gasteiger partial charge in [-0.3, -0.25) is 13.9 Å². The number of hydrogen-bond donors (Lipinski definition) is 1. The molecular formula is C18H17N7OS. The number of rotatable bonds is 4. The minimum Gasteiger partial charge on any atom is -0.346 e. The van der Waals surface area contributed by atoms with E-state index in [0.717, 1.165) is 16.5 Å². The van der Waals surface area contributed by atoms with Crippen molar-refractivity contribution < 1.29 is 4.21 Å². The normalized spacial score (nSPS) is 18.3. The molecule has 1 aliphatic rings. The number of hydrogen-bond acceptors (Lipinski definition) is 4. The minimum absolute atomic E-state index is 0.256. The lowest BCUT2D eigenvalue weighted by molar-refractivity contribution is 0.0763. The Hall–Kier alpha value is -3.14. The highest BCUT2D eigenvalue weighted by molar-refractivity contribution is 7.97. The van der Waals surface area contributed by atoms with E-state index in [-0.39, 0.29) is 6.42 Å². The van der Waals surface area contributed by atoms with Crippen molar-refractivity contribution in [1.29, 1.82) is 5.26 Å². The molecule has 1 fully saturated rings. The van der Waals surface area contributed by atoms with Crippen LogP contribution in [0.3, 0.4) is 0 Å². The maximum absolute atomic E-state index is 12.2. The largest absolute Gasteiger partial charge is 0.346 e. The molecule has 1 N–H and O–H groups in total. The van der Waals surface area contributed by atoms with E-state index in [1.165, 1.54) is 0 Å². The van der Waals surface area contributed by atoms with E-state index in [1.807, 2.05) is 12.3 Å². The molecular weight excluding hydrogens is 362 g/mol. The van der Waals surface area contributed by atoms with Crippen molar-refractivity contribution in [2.45, 2.75) is 12.0 Å². The predicted molar refractivity (Wildman–Crippen MR) is 105 cm³/mol. The van der Waals surface area contributed by atoms with Crippen molar-refractivity contribution in [3.8, 4) is 17.2 Å². The first kappa shape index (κ1) is 17.3. The first-order valence-corrected chi connectivity index (χ1v) is 10.3. The Balaban J connectivity index is 1.78. The Morgan fingerprint density at radius 2 is 2.30 bits per heavy atom. The van der Waals surface area contributed by atoms with E-state index in [1.54, 1.807) is 33.8 Å². The molecule has 0 bridgehead atoms. The first-order valence-electron chi connectivity index (χ1n) is 8.21. The number of nitriles is 1. The summed E-state index contributed by atoms with van der Waals surface area (Å²) in [6, 6.07) is 4.10. The predicted octanol–water partition coefficient (Wildman–Crippen LogP) is 2.16. The van der Waals surface area contributed by atoms with Gasteiger partial charge in [-0.15, -0.1) is 0 Å². The van der Waals surface area contributed by atoms with E-state index >= 15 is 0 Å². The number of fused-ring (bicyclic) bond motifs is 1. The quantitative estimate of drug-likeness (QED) is 0.555. The summed E-state index contributed by atoms with van der Waals surface area (Å²) in [5.74, 6) is 3.71. The van der Waals surface area contributed by atoms with Gasteiger partial charge in [-0.05, 0) is 11.9 Å². The zero-order valence-corrected chi connectivity index (χ0v) is 15.5. The summed E-state index contributed by atoms with van der Waals surface area (Å²) in [7, 11) is -2.31. The molecule has 1 aliphatic heterocycles. The third-order valence-electron chi connectivity index (χ3n) is 4.94. The van der Waals surface area contributed by atoms with Crippen molar-refractivity contribution in [3.63, 3.8) is 0 Å². The molecule has 0 saturated carbocycles. The van der Waals surface area contributed by atoms with Gasteiger partial charge in [0.2, 0.25) is 5.69 Å². The maximum Gasteiger partial charge on any atom is 0.213 e. The Bertz CT molecular complexity index is 1220. The van der Waals surface area contributed by atoms with Crippen LogP contribution in [0.1, 0.15) is 6.42 Å². The monoisotopic (exact) mass is 379 g/mol. The molecule has 0 aliphatic carbocycles. The zero-order valence-electron chi connectivity index (χ0n) is 14.7. The van der Waals surface area contributed by atoms with Crippen LogP contribution in [-0.2, 0) is 15.2 Å². The summed E-state index contributed by atoms with van der Waals surface area (Å²) in [5, 5.41) is 14.6. The van der Waals surface area contributed by atoms with Crippen LogP contribution in [0.25, 0.3) is 27.0 Å². The Morgan fingerprint density at radius 1 is 1.52 bits per heavy atom. The van der Waals surface area contributed by atoms with Gasteiger partial charge in [0.05, 0.1) is 25.3 Å². The number of H-pyrrole nitrogens is 1. The Kier molecular flexibility index (Phi) is 3.81. The van der Waals surface area contributed by atoms with Crippen molar-refractivity contribution in [2.75, 3.05) is 19.3 Å². The van der Waals surface area contributed by atoms with Crippen molar-refractivity contribution in [3.05, 3.63) is 42.3 Å². The fourth-order valence-corrected chi connectivity index (χ4v) is 4.49. The van der Waals surface area contributed by atoms with Crippen molar-refractivity contribution >= 4 is 32.3 Å². The van der Waals surface area contributed by atoms with E-state index in [9.17, 15) is 9.47 Å². The lowest BCUT2D eigenvalue weighted by Gasteiger charge is -2.49. The van der Waals surface area contributed by atoms with Gasteiger partial charge in [-0.25, -0.2) is 9.15 Å². The highest BCUT2D eigenvalue weighted by Crippen LogP contribution is 2.39. The molecule has 1 unspecified atom stereocenters. The summed E-state index contributed by atoms with van der Waals surface area (Å²) in [5.41, 5.74) is 2.17. The van der Waals surface area contributed by atoms with Crippen LogP contribution in [0, 0.1) is 17.9 Å². The van der Waals surface area contributed by atoms with E-state index < -0.39 is 15.2 Å². The third kappa shape index (κ3) is 2.69. The van der Waals surface area contributed by atoms with Crippen molar-refractivity contribution in [2.24, 2.45) is 0 Å². The number of pyridine rings is 1. The second-order valence-corrected chi connectivity index (χ2v) is 9.30. The van der Waals surface area contributed by atoms with Gasteiger partial charge in [-0.2, -0.15) is 10.4 Å². The molecule has 136 valence electrons. The smallest absolute Gasteiger partial charge is 0.213 e. The molecule has 0 radical (unpaired) electrons. The molecule has 0 aromatic carbocycles. The molecule has 3 aromatic rings. The molecule has 3 aromatic heterocycles. The first-order chi connectivity index (χ1) is 12.9. The molecule has 4 heterocycles. The van der Waals surface area contributed by atoms with Gasteiger partial charge < -0.3 is 4.98 Å². The van der Waals surface area contributed by atoms with Crippen LogP contribution in [-0.4, -0.2) is 53.5 Å². The van der Waals surface area contributed by atoms with Crippen LogP contribution < -0.4 is 0 Å². The molecule has 9 heteroatoms. The van der Waals surface area contributed by atoms with Crippen LogP contribution in [0.2, 0.25) is 0 Å². The highest BCUT2D eigenvalue weighted by atomic mass is 32.2. The highest BCUT2D eigenvalue weighted by Gasteiger charge is 2.47. The van der Waals surface area contributed by atoms with Crippen LogP contribution in [0.4, 0.5) is 5.69 Å². The molecule has 0 amide bonds. The number of aromatic amines is 1. The lowest BCUT2D eigenvalue weighted by Crippen LogP contribution is -2.63. The number of nitrogens with zero attached hydrogens (tertiary/aromatic N) is 6. The molecule has 1 saturated heterocycles. The summed E-state index contributed by atoms with van der Waals surface area (Å²) >= 11 is 0. The second kappa shape index (κ2) is 5.95. The SMILES string of the molecule is [C-]#[N+]c1cnc2[nH]ccc2c1-c1cnn(C2(CC#N)CN(S(=C)(C)=O)C2)c1. The third-order valence-corrected chi connectivity index (χ3v) is 6.29. The average Bonchev–Trinajstić information content (AvgIpc) is 3.24. The topological polar surface area (TPSA) is 95.0 Å². The van der Waals surface area contributed by atoms with Crippen LogP contribution in [0.15, 0.2) is 30.9 Å². The fourth-order valence-electron chi connectivity index (χ4n) is 3.47. The van der Waals surface area contributed by atoms with Crippen LogP contribution >= 0.6 is 0 Å². The molecule has 8 nitrogen and oxygen atoms in total. The van der Waals surface area contributed by atoms with Crippen molar-refractivity contribution in [1.82, 2.24) is 24.1 Å². The molecule has 4 rings (SSSR count). The van der Waals surface area contributed by atoms with Gasteiger partial charge in [0.1, 0.15) is 11.2 Å². The summed E-state index contributed by atoms with van der Waals surface area (Å²) in [6.45, 7) is 8.36. The average molecular weight is 379 g/mol. The van der Waals surface area contributed by atoms with Gasteiger partial charge in [0, 0.05) is 64.2 Å². The Morgan fingerprint density at radius 3 is 2.96 bits per heavy atom. The molecule has 1 atom stereocenters. The van der Waals surface area contributed by atoms with Gasteiger partial charge in [0.25, 0.3) is 0 Å². The van der Waals surface area contributed by atoms with E-state index in [4.69, 9.17) is 6.57 Å². The fraction of sp³-hybridized carbons (Fsp3) is 0.278. The number of nitrogens with one attached hydrogen (secondary N) is 1. The standard InChI is InChI=1S/C18H17N7OS/c1-20-15-9-22-17-14(4-7-21-17)16(15)13-8-23-25(10-13)18(5-6-19)11-24(12-18)27(2,3)26/h4,7-10H,2,5,11-12H2,3H3,(H,21,22). The zero-order chi connectivity index (χ0) is 19.2. The summed E-state index contributed by atoms with van der Waals surface area (Å²) < 4.78 is 15.7. The number of aromatic nitrogens is 4. The summed E-state index contributed by atoms with van der Waals surface area (Å²) in [6.07, 6.45) is 8.73. The second-order valence-electron chi connectivity index (χ2n) is 6.86. The molecule has 0 spiro atoms. The van der Waals surface area contributed by atoms with Gasteiger partial charge in [0.15, 0.2) is 0 Å². The van der Waals surface area contributed by atoms with Gasteiger partial charge >= 0.3 is 0 Å². The van der Waals surface area contributed by atoms with E-state index in [2.05, 4.69) is 31.9 Å². The van der Waals surface area contributed by atoms with E-state index in [0.29, 0.717) is 24.4 Å². The van der Waals surface area contributed by atoms with Gasteiger partial charge in [-0.1, -0.05) is 0 Å². The summed E-state index contributed by atoms with van der Waals surface area (Å²) in [4.78, 5) is 10.9. The van der Waals surface area contributed by atoms with Crippen LogP contribution in [0.5, 0.6) is 0 Å². The maximum atomic E-state index is 12.2. The Labute approximate surface area is 157 Å². The lowest BCUT2D eigenvalue weighted by atomic mass is 9.89.